The third kappa shape index (κ3) is 8.35. The number of pyridine rings is 1. The summed E-state index contributed by atoms with van der Waals surface area (Å²) in [5.41, 5.74) is 2.49. The summed E-state index contributed by atoms with van der Waals surface area (Å²) in [6.07, 6.45) is 5.72. The molecule has 2 atom stereocenters. The van der Waals surface area contributed by atoms with E-state index in [2.05, 4.69) is 52.2 Å². The Morgan fingerprint density at radius 3 is 2.43 bits per heavy atom. The summed E-state index contributed by atoms with van der Waals surface area (Å²) in [6, 6.07) is 16.0. The van der Waals surface area contributed by atoms with Crippen LogP contribution in [-0.2, 0) is 9.59 Å². The number of benzene rings is 2. The predicted octanol–water partition coefficient (Wildman–Crippen LogP) is 5.29. The Bertz CT molecular complexity index is 2220. The topological polar surface area (TPSA) is 172 Å². The number of piperidine rings is 2. The number of amides is 6. The number of rotatable bonds is 10. The number of nitrogens with zero attached hydrogens (tertiary/aromatic N) is 7. The number of aromatic nitrogens is 1. The third-order valence-corrected chi connectivity index (χ3v) is 13.0. The van der Waals surface area contributed by atoms with E-state index in [-0.39, 0.29) is 42.1 Å². The first-order valence-corrected chi connectivity index (χ1v) is 21.3. The number of fused-ring (bicyclic) bond motifs is 1. The van der Waals surface area contributed by atoms with Crippen LogP contribution in [-0.4, -0.2) is 119 Å². The quantitative estimate of drug-likeness (QED) is 0.255. The fourth-order valence-electron chi connectivity index (χ4n) is 9.19. The number of imide groups is 2. The highest BCUT2D eigenvalue weighted by atomic mass is 35.5. The zero-order chi connectivity index (χ0) is 42.2. The molecule has 0 spiro atoms. The van der Waals surface area contributed by atoms with E-state index in [9.17, 15) is 29.2 Å². The molecular weight excluding hydrogens is 786 g/mol. The van der Waals surface area contributed by atoms with Crippen molar-refractivity contribution < 1.29 is 28.7 Å². The van der Waals surface area contributed by atoms with Gasteiger partial charge in [0.2, 0.25) is 11.8 Å². The van der Waals surface area contributed by atoms with Crippen LogP contribution in [0, 0.1) is 17.2 Å². The SMILES string of the molecule is CC(C)N(CC1CCN(c2ccc(NC(=O)N3CCN(c4ccc(C#N)c(Cl)c4)[C@@H](C)C3)cn2)CC1)C1CC(Oc2ccc3c(c2)C(=O)N(C2CCC(=O)NC2=O)C3=O)C1. The van der Waals surface area contributed by atoms with Gasteiger partial charge in [0, 0.05) is 82.3 Å². The predicted molar refractivity (Wildman–Crippen MR) is 225 cm³/mol. The highest BCUT2D eigenvalue weighted by Crippen LogP contribution is 2.36. The van der Waals surface area contributed by atoms with Gasteiger partial charge in [-0.15, -0.1) is 0 Å². The standard InChI is InChI=1S/C44H50ClN9O6/c1-26(2)53(32-18-34(19-32)60-33-7-8-35-36(21-33)43(58)54(42(35)57)38-9-11-40(55)49-41(38)56)25-28-12-14-50(15-13-28)39-10-5-30(23-47-39)48-44(59)51-16-17-52(27(3)24-51)31-6-4-29(22-46)37(45)20-31/h4-8,10,20-21,23,26-28,32,34,38H,9,11-19,24-25H2,1-3H3,(H,48,59)(H,49,55,56)/t27-,32?,34?,38?/m0/s1. The minimum Gasteiger partial charge on any atom is -0.490 e. The lowest BCUT2D eigenvalue weighted by Gasteiger charge is -2.46. The molecule has 1 aliphatic carbocycles. The number of halogens is 1. The first-order valence-electron chi connectivity index (χ1n) is 20.9. The molecule has 2 N–H and O–H groups in total. The van der Waals surface area contributed by atoms with Crippen molar-refractivity contribution in [2.24, 2.45) is 5.92 Å². The fraction of sp³-hybridized carbons (Fsp3) is 0.477. The monoisotopic (exact) mass is 835 g/mol. The third-order valence-electron chi connectivity index (χ3n) is 12.6. The average molecular weight is 836 g/mol. The lowest BCUT2D eigenvalue weighted by atomic mass is 9.85. The minimum absolute atomic E-state index is 0.0117. The average Bonchev–Trinajstić information content (AvgIpc) is 3.46. The molecule has 16 heteroatoms. The van der Waals surface area contributed by atoms with Gasteiger partial charge in [-0.1, -0.05) is 11.6 Å². The van der Waals surface area contributed by atoms with Gasteiger partial charge in [0.25, 0.3) is 11.8 Å². The Morgan fingerprint density at radius 1 is 1.00 bits per heavy atom. The van der Waals surface area contributed by atoms with Gasteiger partial charge in [0.05, 0.1) is 33.6 Å². The second-order valence-corrected chi connectivity index (χ2v) is 17.2. The maximum Gasteiger partial charge on any atom is 0.322 e. The highest BCUT2D eigenvalue weighted by Gasteiger charge is 2.45. The fourth-order valence-corrected chi connectivity index (χ4v) is 9.41. The molecule has 3 aromatic rings. The second kappa shape index (κ2) is 17.1. The molecule has 60 heavy (non-hydrogen) atoms. The number of ether oxygens (including phenoxy) is 1. The first kappa shape index (κ1) is 41.0. The normalized spacial score (nSPS) is 23.4. The maximum absolute atomic E-state index is 13.3. The number of urea groups is 1. The molecule has 1 aromatic heterocycles. The van der Waals surface area contributed by atoms with Crippen molar-refractivity contribution >= 4 is 58.5 Å². The van der Waals surface area contributed by atoms with Gasteiger partial charge in [0.1, 0.15) is 29.8 Å². The van der Waals surface area contributed by atoms with Crippen LogP contribution in [0.5, 0.6) is 5.75 Å². The van der Waals surface area contributed by atoms with Gasteiger partial charge in [0.15, 0.2) is 0 Å². The number of anilines is 3. The Hall–Kier alpha value is -5.72. The van der Waals surface area contributed by atoms with E-state index < -0.39 is 29.7 Å². The molecule has 0 bridgehead atoms. The van der Waals surface area contributed by atoms with E-state index in [1.54, 1.807) is 30.5 Å². The van der Waals surface area contributed by atoms with Crippen molar-refractivity contribution in [1.82, 2.24) is 25.0 Å². The summed E-state index contributed by atoms with van der Waals surface area (Å²) < 4.78 is 6.30. The Kier molecular flexibility index (Phi) is 11.7. The molecule has 4 aliphatic heterocycles. The van der Waals surface area contributed by atoms with Crippen LogP contribution in [0.3, 0.4) is 0 Å². The van der Waals surface area contributed by atoms with Crippen LogP contribution in [0.2, 0.25) is 5.02 Å². The molecule has 8 rings (SSSR count). The summed E-state index contributed by atoms with van der Waals surface area (Å²) in [5, 5.41) is 14.9. The molecule has 5 aliphatic rings. The molecule has 5 heterocycles. The van der Waals surface area contributed by atoms with Gasteiger partial charge in [-0.05, 0) is 94.5 Å². The smallest absolute Gasteiger partial charge is 0.322 e. The second-order valence-electron chi connectivity index (χ2n) is 16.8. The summed E-state index contributed by atoms with van der Waals surface area (Å²) in [6.45, 7) is 11.1. The molecule has 4 fully saturated rings. The number of piperazine rings is 1. The summed E-state index contributed by atoms with van der Waals surface area (Å²) >= 11 is 6.28. The lowest BCUT2D eigenvalue weighted by molar-refractivity contribution is -0.136. The van der Waals surface area contributed by atoms with Crippen LogP contribution in [0.15, 0.2) is 54.7 Å². The van der Waals surface area contributed by atoms with E-state index in [0.29, 0.717) is 59.7 Å². The van der Waals surface area contributed by atoms with E-state index in [1.165, 1.54) is 0 Å². The summed E-state index contributed by atoms with van der Waals surface area (Å²) in [5.74, 6) is -0.137. The highest BCUT2D eigenvalue weighted by molar-refractivity contribution is 6.32. The molecule has 6 amide bonds. The largest absolute Gasteiger partial charge is 0.490 e. The number of nitriles is 1. The van der Waals surface area contributed by atoms with E-state index in [4.69, 9.17) is 21.3 Å². The van der Waals surface area contributed by atoms with Crippen LogP contribution >= 0.6 is 11.6 Å². The Balaban J connectivity index is 0.776. The van der Waals surface area contributed by atoms with E-state index in [0.717, 1.165) is 61.7 Å². The van der Waals surface area contributed by atoms with Crippen LogP contribution in [0.25, 0.3) is 0 Å². The van der Waals surface area contributed by atoms with Gasteiger partial charge in [-0.25, -0.2) is 9.78 Å². The van der Waals surface area contributed by atoms with Crippen LogP contribution in [0.1, 0.15) is 85.6 Å². The molecule has 0 radical (unpaired) electrons. The number of carbonyl (C=O) groups is 5. The van der Waals surface area contributed by atoms with Crippen LogP contribution in [0.4, 0.5) is 22.0 Å². The zero-order valence-corrected chi connectivity index (χ0v) is 34.9. The Morgan fingerprint density at radius 2 is 1.77 bits per heavy atom. The van der Waals surface area contributed by atoms with Gasteiger partial charge in [-0.2, -0.15) is 5.26 Å². The van der Waals surface area contributed by atoms with Crippen molar-refractivity contribution in [1.29, 1.82) is 5.26 Å². The van der Waals surface area contributed by atoms with Crippen molar-refractivity contribution in [3.8, 4) is 11.8 Å². The maximum atomic E-state index is 13.3. The molecule has 1 unspecified atom stereocenters. The zero-order valence-electron chi connectivity index (χ0n) is 34.1. The number of hydrogen-bond donors (Lipinski definition) is 2. The van der Waals surface area contributed by atoms with E-state index >= 15 is 0 Å². The number of hydrogen-bond acceptors (Lipinski definition) is 11. The van der Waals surface area contributed by atoms with Gasteiger partial charge in [-0.3, -0.25) is 34.3 Å². The molecule has 2 aromatic carbocycles. The molecule has 3 saturated heterocycles. The minimum atomic E-state index is -1.00. The van der Waals surface area contributed by atoms with Crippen molar-refractivity contribution in [2.45, 2.75) is 89.6 Å². The summed E-state index contributed by atoms with van der Waals surface area (Å²) in [7, 11) is 0. The van der Waals surface area contributed by atoms with E-state index in [1.807, 2.05) is 29.2 Å². The first-order chi connectivity index (χ1) is 28.9. The lowest BCUT2D eigenvalue weighted by Crippen LogP contribution is -2.54. The number of nitrogens with one attached hydrogen (secondary N) is 2. The van der Waals surface area contributed by atoms with Crippen molar-refractivity contribution in [3.05, 3.63) is 76.4 Å². The van der Waals surface area contributed by atoms with Crippen molar-refractivity contribution in [3.63, 3.8) is 0 Å². The van der Waals surface area contributed by atoms with Crippen LogP contribution < -0.4 is 25.2 Å². The molecule has 15 nitrogen and oxygen atoms in total. The number of carbonyl (C=O) groups excluding carboxylic acids is 5. The molecule has 314 valence electrons. The van der Waals surface area contributed by atoms with Gasteiger partial charge < -0.3 is 24.8 Å². The Labute approximate surface area is 354 Å². The molecule has 1 saturated carbocycles. The van der Waals surface area contributed by atoms with Gasteiger partial charge >= 0.3 is 6.03 Å². The molecular formula is C44H50ClN9O6. The summed E-state index contributed by atoms with van der Waals surface area (Å²) in [4.78, 5) is 78.2. The van der Waals surface area contributed by atoms with Crippen molar-refractivity contribution in [2.75, 3.05) is 54.4 Å².